The summed E-state index contributed by atoms with van der Waals surface area (Å²) in [4.78, 5) is 71.1. The summed E-state index contributed by atoms with van der Waals surface area (Å²) in [7, 11) is 2.83. The van der Waals surface area contributed by atoms with Crippen molar-refractivity contribution < 1.29 is 57.5 Å². The molecule has 1 aliphatic heterocycles. The quantitative estimate of drug-likeness (QED) is 0.136. The standard InChI is InChI=1S/C48H55NO12/c1-27-33(59-44(54)38(57-8)37(30-18-12-9-13-19-30)49-42(52)31-20-14-10-15-21-31)25-48(55)41(60-43(53)32-22-16-11-17-23-32)39-46(6,40(51)28(2)36(27)45(48,4)5)34(56-7)24-35-47(39,26-58-35)61-29(3)50/h9-23,28,33-35,37-39,41,55H,24-26H2,1-8H3,(H,49,52)/t28-,33?,34+,35?,37+,38-,39+,41+,46-,47+,48-/m1/s1. The van der Waals surface area contributed by atoms with Crippen LogP contribution in [0.4, 0.5) is 0 Å². The Bertz CT molecular complexity index is 2190. The van der Waals surface area contributed by atoms with Gasteiger partial charge in [0.15, 0.2) is 11.7 Å². The molecule has 4 aliphatic rings. The third-order valence-corrected chi connectivity index (χ3v) is 14.0. The van der Waals surface area contributed by atoms with Crippen LogP contribution >= 0.6 is 0 Å². The van der Waals surface area contributed by atoms with Crippen LogP contribution in [0.3, 0.4) is 0 Å². The number of ketones is 1. The van der Waals surface area contributed by atoms with Gasteiger partial charge >= 0.3 is 17.9 Å². The number of hydrogen-bond donors (Lipinski definition) is 2. The van der Waals surface area contributed by atoms with E-state index in [0.717, 1.165) is 0 Å². The smallest absolute Gasteiger partial charge is 0.338 e. The third kappa shape index (κ3) is 7.18. The molecule has 0 spiro atoms. The molecule has 7 rings (SSSR count). The van der Waals surface area contributed by atoms with Gasteiger partial charge in [-0.25, -0.2) is 9.59 Å². The van der Waals surface area contributed by atoms with Crippen molar-refractivity contribution >= 4 is 29.6 Å². The van der Waals surface area contributed by atoms with E-state index in [1.165, 1.54) is 21.1 Å². The van der Waals surface area contributed by atoms with E-state index in [1.807, 2.05) is 6.07 Å². The van der Waals surface area contributed by atoms with Crippen LogP contribution in [0.2, 0.25) is 0 Å². The number of carbonyl (C=O) groups excluding carboxylic acids is 5. The van der Waals surface area contributed by atoms with Gasteiger partial charge in [0.25, 0.3) is 5.91 Å². The number of amides is 1. The largest absolute Gasteiger partial charge is 0.456 e. The van der Waals surface area contributed by atoms with Crippen LogP contribution in [0.1, 0.15) is 86.7 Å². The van der Waals surface area contributed by atoms with Gasteiger partial charge in [0.05, 0.1) is 35.6 Å². The van der Waals surface area contributed by atoms with Crippen molar-refractivity contribution in [1.29, 1.82) is 0 Å². The van der Waals surface area contributed by atoms with E-state index in [1.54, 1.807) is 120 Å². The molecular formula is C48H55NO12. The number of hydrogen-bond acceptors (Lipinski definition) is 12. The highest BCUT2D eigenvalue weighted by atomic mass is 16.6. The Morgan fingerprint density at radius 3 is 2.00 bits per heavy atom. The minimum Gasteiger partial charge on any atom is -0.456 e. The van der Waals surface area contributed by atoms with Crippen molar-refractivity contribution in [1.82, 2.24) is 5.32 Å². The normalized spacial score (nSPS) is 32.3. The molecule has 61 heavy (non-hydrogen) atoms. The van der Waals surface area contributed by atoms with Crippen LogP contribution < -0.4 is 5.32 Å². The van der Waals surface area contributed by atoms with Crippen molar-refractivity contribution in [3.8, 4) is 0 Å². The van der Waals surface area contributed by atoms with Crippen LogP contribution in [0.5, 0.6) is 0 Å². The molecular weight excluding hydrogens is 783 g/mol. The van der Waals surface area contributed by atoms with Gasteiger partial charge in [-0.15, -0.1) is 0 Å². The summed E-state index contributed by atoms with van der Waals surface area (Å²) in [5, 5.41) is 16.7. The number of nitrogens with one attached hydrogen (secondary N) is 1. The van der Waals surface area contributed by atoms with Crippen LogP contribution in [-0.2, 0) is 42.8 Å². The Morgan fingerprint density at radius 1 is 0.869 bits per heavy atom. The first kappa shape index (κ1) is 43.9. The SMILES string of the molecule is CO[C@H]1CC2OC[C@@]2(OC(C)=O)[C@H]2[C@H](OC(=O)c3ccccc3)[C@]3(O)CC(OC(=O)[C@H](OC)[C@@H](NC(=O)c4ccccc4)c4ccccc4)C(C)=C([C@@H](C)C(=O)[C@]12C)C3(C)C. The second-order valence-electron chi connectivity index (χ2n) is 17.5. The first-order chi connectivity index (χ1) is 29.0. The van der Waals surface area contributed by atoms with Gasteiger partial charge in [0.1, 0.15) is 29.7 Å². The maximum absolute atomic E-state index is 15.5. The van der Waals surface area contributed by atoms with E-state index < -0.39 is 94.2 Å². The number of ether oxygens (including phenoxy) is 6. The summed E-state index contributed by atoms with van der Waals surface area (Å²) in [5.41, 5.74) is -4.27. The third-order valence-electron chi connectivity index (χ3n) is 14.0. The van der Waals surface area contributed by atoms with E-state index in [2.05, 4.69) is 5.32 Å². The summed E-state index contributed by atoms with van der Waals surface area (Å²) in [6.07, 6.45) is -5.80. The molecule has 3 fully saturated rings. The Kier molecular flexibility index (Phi) is 11.9. The van der Waals surface area contributed by atoms with E-state index >= 15 is 4.79 Å². The number of benzene rings is 3. The number of aliphatic hydroxyl groups is 1. The van der Waals surface area contributed by atoms with Gasteiger partial charge in [-0.1, -0.05) is 87.5 Å². The molecule has 2 bridgehead atoms. The van der Waals surface area contributed by atoms with Crippen molar-refractivity contribution in [2.75, 3.05) is 20.8 Å². The van der Waals surface area contributed by atoms with Crippen LogP contribution in [0, 0.1) is 22.7 Å². The zero-order chi connectivity index (χ0) is 44.1. The molecule has 0 aromatic heterocycles. The van der Waals surface area contributed by atoms with E-state index in [9.17, 15) is 24.3 Å². The Balaban J connectivity index is 1.37. The second-order valence-corrected chi connectivity index (χ2v) is 17.5. The summed E-state index contributed by atoms with van der Waals surface area (Å²) < 4.78 is 37.2. The fourth-order valence-corrected chi connectivity index (χ4v) is 11.0. The fraction of sp³-hybridized carbons (Fsp3) is 0.479. The first-order valence-corrected chi connectivity index (χ1v) is 20.7. The maximum Gasteiger partial charge on any atom is 0.338 e. The van der Waals surface area contributed by atoms with E-state index in [4.69, 9.17) is 28.4 Å². The lowest BCUT2D eigenvalue weighted by atomic mass is 9.43. The van der Waals surface area contributed by atoms with Crippen molar-refractivity contribution in [3.63, 3.8) is 0 Å². The predicted octanol–water partition coefficient (Wildman–Crippen LogP) is 5.75. The molecule has 13 nitrogen and oxygen atoms in total. The second kappa shape index (κ2) is 16.6. The summed E-state index contributed by atoms with van der Waals surface area (Å²) in [6.45, 7) is 9.95. The highest BCUT2D eigenvalue weighted by molar-refractivity contribution is 5.95. The van der Waals surface area contributed by atoms with Crippen molar-refractivity contribution in [2.24, 2.45) is 22.7 Å². The minimum absolute atomic E-state index is 0.128. The molecule has 0 radical (unpaired) electrons. The molecule has 1 amide bonds. The van der Waals surface area contributed by atoms with Crippen molar-refractivity contribution in [2.45, 2.75) is 102 Å². The average Bonchev–Trinajstić information content (AvgIpc) is 3.24. The summed E-state index contributed by atoms with van der Waals surface area (Å²) in [5.74, 6) is -5.11. The van der Waals surface area contributed by atoms with Gasteiger partial charge in [0.2, 0.25) is 0 Å². The lowest BCUT2D eigenvalue weighted by Gasteiger charge is -2.68. The lowest BCUT2D eigenvalue weighted by Crippen LogP contribution is -2.81. The van der Waals surface area contributed by atoms with Gasteiger partial charge < -0.3 is 38.8 Å². The summed E-state index contributed by atoms with van der Waals surface area (Å²) >= 11 is 0. The van der Waals surface area contributed by atoms with Gasteiger partial charge in [-0.2, -0.15) is 0 Å². The van der Waals surface area contributed by atoms with Crippen molar-refractivity contribution in [3.05, 3.63) is 119 Å². The number of fused-ring (bicyclic) bond motifs is 5. The molecule has 1 heterocycles. The topological polar surface area (TPSA) is 173 Å². The van der Waals surface area contributed by atoms with Crippen LogP contribution in [-0.4, -0.2) is 97.3 Å². The van der Waals surface area contributed by atoms with Gasteiger partial charge in [0, 0.05) is 50.9 Å². The Labute approximate surface area is 356 Å². The first-order valence-electron chi connectivity index (χ1n) is 20.7. The highest BCUT2D eigenvalue weighted by Crippen LogP contribution is 2.65. The number of carbonyl (C=O) groups is 5. The fourth-order valence-electron chi connectivity index (χ4n) is 11.0. The summed E-state index contributed by atoms with van der Waals surface area (Å²) in [6, 6.07) is 24.7. The zero-order valence-electron chi connectivity index (χ0n) is 35.8. The van der Waals surface area contributed by atoms with Gasteiger partial charge in [-0.3, -0.25) is 14.4 Å². The monoisotopic (exact) mass is 837 g/mol. The molecule has 3 aliphatic carbocycles. The molecule has 3 aromatic carbocycles. The number of esters is 3. The average molecular weight is 838 g/mol. The van der Waals surface area contributed by atoms with Crippen LogP contribution in [0.15, 0.2) is 102 Å². The zero-order valence-corrected chi connectivity index (χ0v) is 35.8. The molecule has 2 saturated carbocycles. The predicted molar refractivity (Wildman–Crippen MR) is 221 cm³/mol. The lowest BCUT2D eigenvalue weighted by molar-refractivity contribution is -0.346. The number of methoxy groups -OCH3 is 2. The minimum atomic E-state index is -2.09. The molecule has 2 unspecified atom stereocenters. The molecule has 3 aromatic rings. The van der Waals surface area contributed by atoms with Gasteiger partial charge in [-0.05, 0) is 54.8 Å². The maximum atomic E-state index is 15.5. The number of rotatable bonds is 11. The van der Waals surface area contributed by atoms with Crippen LogP contribution in [0.25, 0.3) is 0 Å². The Hall–Kier alpha value is -5.21. The molecule has 1 saturated heterocycles. The van der Waals surface area contributed by atoms with E-state index in [-0.39, 0.29) is 30.8 Å². The molecule has 13 heteroatoms. The Morgan fingerprint density at radius 2 is 1.46 bits per heavy atom. The molecule has 324 valence electrons. The molecule has 2 N–H and O–H groups in total. The van der Waals surface area contributed by atoms with E-state index in [0.29, 0.717) is 22.3 Å². The molecule has 11 atom stereocenters. The number of Topliss-reactive ketones (excluding diaryl/α,β-unsaturated/α-hetero) is 1. The highest BCUT2D eigenvalue weighted by Gasteiger charge is 2.78.